The monoisotopic (exact) mass is 227 g/mol. The van der Waals surface area contributed by atoms with Crippen molar-refractivity contribution >= 4 is 11.6 Å². The Hall–Kier alpha value is -2.61. The molecular formula is C12H9N3O2. The van der Waals surface area contributed by atoms with Crippen LogP contribution in [0.5, 0.6) is 0 Å². The molecule has 0 spiro atoms. The van der Waals surface area contributed by atoms with Crippen molar-refractivity contribution in [1.82, 2.24) is 5.16 Å². The SMILES string of the molecule is Cc1cc(C(=O)Nc2ccc(C#N)cc2)no1. The molecule has 84 valence electrons. The topological polar surface area (TPSA) is 78.9 Å². The van der Waals surface area contributed by atoms with E-state index >= 15 is 0 Å². The maximum Gasteiger partial charge on any atom is 0.277 e. The number of nitriles is 1. The van der Waals surface area contributed by atoms with Crippen LogP contribution in [0.2, 0.25) is 0 Å². The molecule has 0 aliphatic heterocycles. The number of hydrogen-bond acceptors (Lipinski definition) is 4. The van der Waals surface area contributed by atoms with Crippen LogP contribution in [0.1, 0.15) is 21.8 Å². The first kappa shape index (κ1) is 10.9. The molecule has 0 saturated carbocycles. The summed E-state index contributed by atoms with van der Waals surface area (Å²) in [5.74, 6) is 0.238. The maximum absolute atomic E-state index is 11.7. The molecule has 1 aromatic carbocycles. The molecule has 0 unspecified atom stereocenters. The van der Waals surface area contributed by atoms with Gasteiger partial charge in [0.25, 0.3) is 5.91 Å². The van der Waals surface area contributed by atoms with Gasteiger partial charge in [0.15, 0.2) is 5.69 Å². The Morgan fingerprint density at radius 3 is 2.65 bits per heavy atom. The van der Waals surface area contributed by atoms with Crippen LogP contribution in [-0.4, -0.2) is 11.1 Å². The van der Waals surface area contributed by atoms with Crippen molar-refractivity contribution in [2.45, 2.75) is 6.92 Å². The van der Waals surface area contributed by atoms with Crippen molar-refractivity contribution in [1.29, 1.82) is 5.26 Å². The van der Waals surface area contributed by atoms with Crippen molar-refractivity contribution in [3.8, 4) is 6.07 Å². The minimum Gasteiger partial charge on any atom is -0.361 e. The lowest BCUT2D eigenvalue weighted by atomic mass is 10.2. The van der Waals surface area contributed by atoms with Crippen molar-refractivity contribution in [2.75, 3.05) is 5.32 Å². The normalized spacial score (nSPS) is 9.65. The van der Waals surface area contributed by atoms with Gasteiger partial charge in [-0.1, -0.05) is 5.16 Å². The quantitative estimate of drug-likeness (QED) is 0.852. The summed E-state index contributed by atoms with van der Waals surface area (Å²) in [6.07, 6.45) is 0. The third-order valence-electron chi connectivity index (χ3n) is 2.13. The number of aromatic nitrogens is 1. The Labute approximate surface area is 97.7 Å². The summed E-state index contributed by atoms with van der Waals surface area (Å²) in [7, 11) is 0. The van der Waals surface area contributed by atoms with E-state index in [0.717, 1.165) is 0 Å². The zero-order valence-electron chi connectivity index (χ0n) is 9.10. The van der Waals surface area contributed by atoms with E-state index in [2.05, 4.69) is 10.5 Å². The van der Waals surface area contributed by atoms with Crippen molar-refractivity contribution in [3.63, 3.8) is 0 Å². The number of anilines is 1. The van der Waals surface area contributed by atoms with Gasteiger partial charge in [-0.15, -0.1) is 0 Å². The Balaban J connectivity index is 2.11. The highest BCUT2D eigenvalue weighted by atomic mass is 16.5. The van der Waals surface area contributed by atoms with Gasteiger partial charge in [-0.2, -0.15) is 5.26 Å². The van der Waals surface area contributed by atoms with Crippen LogP contribution >= 0.6 is 0 Å². The van der Waals surface area contributed by atoms with E-state index in [1.165, 1.54) is 0 Å². The fourth-order valence-corrected chi connectivity index (χ4v) is 1.30. The van der Waals surface area contributed by atoms with E-state index < -0.39 is 0 Å². The lowest BCUT2D eigenvalue weighted by Gasteiger charge is -2.01. The van der Waals surface area contributed by atoms with Gasteiger partial charge in [-0.25, -0.2) is 0 Å². The van der Waals surface area contributed by atoms with Crippen LogP contribution < -0.4 is 5.32 Å². The molecule has 2 aromatic rings. The number of amides is 1. The largest absolute Gasteiger partial charge is 0.361 e. The molecule has 0 atom stereocenters. The van der Waals surface area contributed by atoms with Gasteiger partial charge in [0.2, 0.25) is 0 Å². The van der Waals surface area contributed by atoms with Crippen LogP contribution in [0.4, 0.5) is 5.69 Å². The Morgan fingerprint density at radius 1 is 1.41 bits per heavy atom. The van der Waals surface area contributed by atoms with E-state index in [0.29, 0.717) is 17.0 Å². The average Bonchev–Trinajstić information content (AvgIpc) is 2.77. The van der Waals surface area contributed by atoms with Crippen LogP contribution in [0.3, 0.4) is 0 Å². The number of nitrogens with zero attached hydrogens (tertiary/aromatic N) is 2. The first-order valence-corrected chi connectivity index (χ1v) is 4.94. The highest BCUT2D eigenvalue weighted by Gasteiger charge is 2.10. The maximum atomic E-state index is 11.7. The van der Waals surface area contributed by atoms with Gasteiger partial charge in [0, 0.05) is 11.8 Å². The fraction of sp³-hybridized carbons (Fsp3) is 0.0833. The van der Waals surface area contributed by atoms with Gasteiger partial charge in [-0.05, 0) is 31.2 Å². The first-order chi connectivity index (χ1) is 8.19. The number of hydrogen-bond donors (Lipinski definition) is 1. The molecule has 1 aromatic heterocycles. The Kier molecular flexibility index (Phi) is 2.88. The number of carbonyl (C=O) groups excluding carboxylic acids is 1. The van der Waals surface area contributed by atoms with Gasteiger partial charge in [0.1, 0.15) is 5.76 Å². The van der Waals surface area contributed by atoms with E-state index in [1.807, 2.05) is 6.07 Å². The summed E-state index contributed by atoms with van der Waals surface area (Å²) in [6, 6.07) is 10.1. The number of benzene rings is 1. The second kappa shape index (κ2) is 4.49. The van der Waals surface area contributed by atoms with Crippen LogP contribution in [-0.2, 0) is 0 Å². The molecule has 1 N–H and O–H groups in total. The molecule has 0 radical (unpaired) electrons. The molecule has 17 heavy (non-hydrogen) atoms. The van der Waals surface area contributed by atoms with E-state index in [1.54, 1.807) is 37.3 Å². The summed E-state index contributed by atoms with van der Waals surface area (Å²) >= 11 is 0. The number of rotatable bonds is 2. The third kappa shape index (κ3) is 2.49. The number of carbonyl (C=O) groups is 1. The van der Waals surface area contributed by atoms with Gasteiger partial charge >= 0.3 is 0 Å². The molecule has 5 nitrogen and oxygen atoms in total. The van der Waals surface area contributed by atoms with E-state index in [9.17, 15) is 4.79 Å². The molecule has 0 aliphatic rings. The lowest BCUT2D eigenvalue weighted by Crippen LogP contribution is -2.11. The molecule has 1 amide bonds. The molecular weight excluding hydrogens is 218 g/mol. The first-order valence-electron chi connectivity index (χ1n) is 4.94. The standard InChI is InChI=1S/C12H9N3O2/c1-8-6-11(15-17-8)12(16)14-10-4-2-9(7-13)3-5-10/h2-6H,1H3,(H,14,16). The molecule has 1 heterocycles. The zero-order chi connectivity index (χ0) is 12.3. The van der Waals surface area contributed by atoms with E-state index in [4.69, 9.17) is 9.78 Å². The summed E-state index contributed by atoms with van der Waals surface area (Å²) < 4.78 is 4.81. The molecule has 0 fully saturated rings. The third-order valence-corrected chi connectivity index (χ3v) is 2.13. The van der Waals surface area contributed by atoms with Gasteiger partial charge in [-0.3, -0.25) is 4.79 Å². The van der Waals surface area contributed by atoms with E-state index in [-0.39, 0.29) is 11.6 Å². The number of nitrogens with one attached hydrogen (secondary N) is 1. The summed E-state index contributed by atoms with van der Waals surface area (Å²) in [4.78, 5) is 11.7. The number of aryl methyl sites for hydroxylation is 1. The summed E-state index contributed by atoms with van der Waals surface area (Å²) in [5.41, 5.74) is 1.38. The van der Waals surface area contributed by atoms with Crippen molar-refractivity contribution < 1.29 is 9.32 Å². The molecule has 5 heteroatoms. The summed E-state index contributed by atoms with van der Waals surface area (Å²) in [6.45, 7) is 1.71. The second-order valence-electron chi connectivity index (χ2n) is 3.47. The molecule has 2 rings (SSSR count). The van der Waals surface area contributed by atoms with Gasteiger partial charge in [0.05, 0.1) is 11.6 Å². The minimum atomic E-state index is -0.341. The molecule has 0 aliphatic carbocycles. The van der Waals surface area contributed by atoms with Gasteiger partial charge < -0.3 is 9.84 Å². The molecule has 0 bridgehead atoms. The smallest absolute Gasteiger partial charge is 0.277 e. The summed E-state index contributed by atoms with van der Waals surface area (Å²) in [5, 5.41) is 14.9. The highest BCUT2D eigenvalue weighted by molar-refractivity contribution is 6.02. The van der Waals surface area contributed by atoms with Crippen molar-refractivity contribution in [2.24, 2.45) is 0 Å². The fourth-order valence-electron chi connectivity index (χ4n) is 1.30. The molecule has 0 saturated heterocycles. The lowest BCUT2D eigenvalue weighted by molar-refractivity contribution is 0.101. The van der Waals surface area contributed by atoms with Crippen LogP contribution in [0.15, 0.2) is 34.9 Å². The van der Waals surface area contributed by atoms with Crippen molar-refractivity contribution in [3.05, 3.63) is 47.3 Å². The average molecular weight is 227 g/mol. The highest BCUT2D eigenvalue weighted by Crippen LogP contribution is 2.11. The van der Waals surface area contributed by atoms with Crippen LogP contribution in [0, 0.1) is 18.3 Å². The van der Waals surface area contributed by atoms with Crippen LogP contribution in [0.25, 0.3) is 0 Å². The zero-order valence-corrected chi connectivity index (χ0v) is 9.10. The minimum absolute atomic E-state index is 0.229. The predicted octanol–water partition coefficient (Wildman–Crippen LogP) is 2.11. The predicted molar refractivity (Wildman–Crippen MR) is 60.4 cm³/mol. The Bertz CT molecular complexity index is 579. The Morgan fingerprint density at radius 2 is 2.12 bits per heavy atom. The second-order valence-corrected chi connectivity index (χ2v) is 3.47.